The lowest BCUT2D eigenvalue weighted by Crippen LogP contribution is -2.10. The highest BCUT2D eigenvalue weighted by molar-refractivity contribution is 7.17. The van der Waals surface area contributed by atoms with Gasteiger partial charge in [0.1, 0.15) is 17.3 Å². The summed E-state index contributed by atoms with van der Waals surface area (Å²) >= 11 is 1.12. The molecule has 0 saturated heterocycles. The average Bonchev–Trinajstić information content (AvgIpc) is 3.25. The molecule has 0 bridgehead atoms. The van der Waals surface area contributed by atoms with E-state index in [0.29, 0.717) is 39.3 Å². The number of anilines is 4. The van der Waals surface area contributed by atoms with Gasteiger partial charge in [0, 0.05) is 30.4 Å². The van der Waals surface area contributed by atoms with Crippen LogP contribution in [0.15, 0.2) is 69.6 Å². The average molecular weight is 505 g/mol. The van der Waals surface area contributed by atoms with Crippen molar-refractivity contribution in [2.45, 2.75) is 13.8 Å². The van der Waals surface area contributed by atoms with Gasteiger partial charge in [-0.2, -0.15) is 0 Å². The second kappa shape index (κ2) is 10.8. The van der Waals surface area contributed by atoms with E-state index < -0.39 is 5.56 Å². The summed E-state index contributed by atoms with van der Waals surface area (Å²) in [7, 11) is 3.17. The van der Waals surface area contributed by atoms with Crippen molar-refractivity contribution in [3.8, 4) is 11.5 Å². The first kappa shape index (κ1) is 24.6. The third kappa shape index (κ3) is 5.76. The molecule has 0 amide bonds. The summed E-state index contributed by atoms with van der Waals surface area (Å²) in [5.74, 6) is 1.66. The molecule has 184 valence electrons. The Kier molecular flexibility index (Phi) is 7.40. The number of methoxy groups -OCH3 is 2. The molecule has 2 aromatic carbocycles. The summed E-state index contributed by atoms with van der Waals surface area (Å²) in [5.41, 5.74) is 2.17. The van der Waals surface area contributed by atoms with Gasteiger partial charge in [0.2, 0.25) is 5.13 Å². The molecular weight excluding hydrogens is 480 g/mol. The molecule has 0 aliphatic rings. The molecule has 11 heteroatoms. The number of carbonyl (C=O) groups is 1. The first-order valence-electron chi connectivity index (χ1n) is 10.9. The van der Waals surface area contributed by atoms with Gasteiger partial charge in [0.05, 0.1) is 30.5 Å². The number of hydrogen-bond donors (Lipinski definition) is 3. The maximum atomic E-state index is 12.9. The first-order valence-corrected chi connectivity index (χ1v) is 11.7. The summed E-state index contributed by atoms with van der Waals surface area (Å²) in [6, 6.07) is 16.3. The zero-order valence-electron chi connectivity index (χ0n) is 20.1. The van der Waals surface area contributed by atoms with Crippen LogP contribution < -0.4 is 25.7 Å². The van der Waals surface area contributed by atoms with Gasteiger partial charge in [-0.3, -0.25) is 9.59 Å². The number of pyridine rings is 1. The quantitative estimate of drug-likeness (QED) is 0.181. The number of Topliss-reactive ketones (excluding diaryl/α,β-unsaturated/α-hetero) is 1. The number of nitrogens with one attached hydrogen (secondary N) is 3. The molecule has 36 heavy (non-hydrogen) atoms. The third-order valence-corrected chi connectivity index (χ3v) is 6.20. The number of aryl methyl sites for hydroxylation is 1. The Bertz CT molecular complexity index is 1490. The van der Waals surface area contributed by atoms with Gasteiger partial charge in [-0.25, -0.2) is 4.98 Å². The summed E-state index contributed by atoms with van der Waals surface area (Å²) in [6.07, 6.45) is 0. The molecule has 0 atom stereocenters. The van der Waals surface area contributed by atoms with Crippen molar-refractivity contribution in [3.05, 3.63) is 75.5 Å². The number of nitrogens with zero attached hydrogens (tertiary/aromatic N) is 3. The van der Waals surface area contributed by atoms with Crippen molar-refractivity contribution >= 4 is 50.8 Å². The van der Waals surface area contributed by atoms with E-state index in [9.17, 15) is 9.59 Å². The van der Waals surface area contributed by atoms with E-state index in [1.807, 2.05) is 42.5 Å². The van der Waals surface area contributed by atoms with Gasteiger partial charge in [-0.1, -0.05) is 23.5 Å². The Morgan fingerprint density at radius 2 is 1.61 bits per heavy atom. The highest BCUT2D eigenvalue weighted by Crippen LogP contribution is 2.32. The standard InChI is InChI=1S/C25H24N6O4S/c1-14-22(15(2)32)36-25(26-14)31-30-21-13-20(27-16-7-5-9-18(11-16)34-3)23(29-24(21)33)28-17-8-6-10-19(12-17)35-4/h5-13,27H,1-4H3,(H2,28,29,33). The van der Waals surface area contributed by atoms with E-state index >= 15 is 0 Å². The van der Waals surface area contributed by atoms with Crippen LogP contribution in [0, 0.1) is 6.92 Å². The van der Waals surface area contributed by atoms with Gasteiger partial charge in [-0.15, -0.1) is 10.2 Å². The van der Waals surface area contributed by atoms with Crippen molar-refractivity contribution in [1.82, 2.24) is 9.97 Å². The van der Waals surface area contributed by atoms with Crippen LogP contribution in [-0.2, 0) is 0 Å². The SMILES string of the molecule is COc1cccc(Nc2cc(N=Nc3nc(C)c(C(C)=O)s3)c(=O)[nH]c2Nc2cccc(OC)c2)c1. The van der Waals surface area contributed by atoms with Gasteiger partial charge in [0.25, 0.3) is 5.56 Å². The van der Waals surface area contributed by atoms with Crippen LogP contribution in [0.25, 0.3) is 0 Å². The van der Waals surface area contributed by atoms with E-state index in [4.69, 9.17) is 9.47 Å². The maximum absolute atomic E-state index is 12.9. The second-order valence-corrected chi connectivity index (χ2v) is 8.63. The van der Waals surface area contributed by atoms with Crippen LogP contribution in [0.1, 0.15) is 22.3 Å². The van der Waals surface area contributed by atoms with E-state index in [1.54, 1.807) is 33.3 Å². The lowest BCUT2D eigenvalue weighted by atomic mass is 10.2. The lowest BCUT2D eigenvalue weighted by Gasteiger charge is -2.15. The highest BCUT2D eigenvalue weighted by atomic mass is 32.1. The molecule has 0 fully saturated rings. The minimum Gasteiger partial charge on any atom is -0.497 e. The van der Waals surface area contributed by atoms with Crippen molar-refractivity contribution in [2.75, 3.05) is 24.9 Å². The number of aromatic amines is 1. The smallest absolute Gasteiger partial charge is 0.277 e. The molecule has 4 rings (SSSR count). The molecule has 0 aliphatic heterocycles. The van der Waals surface area contributed by atoms with Gasteiger partial charge in [0.15, 0.2) is 11.5 Å². The molecule has 0 aliphatic carbocycles. The number of aromatic nitrogens is 2. The fourth-order valence-corrected chi connectivity index (χ4v) is 4.12. The molecule has 0 radical (unpaired) electrons. The normalized spacial score (nSPS) is 10.9. The maximum Gasteiger partial charge on any atom is 0.277 e. The zero-order valence-corrected chi connectivity index (χ0v) is 20.9. The van der Waals surface area contributed by atoms with Crippen LogP contribution in [0.3, 0.4) is 0 Å². The van der Waals surface area contributed by atoms with E-state index in [0.717, 1.165) is 17.0 Å². The number of ketones is 1. The Balaban J connectivity index is 1.72. The number of thiazole rings is 1. The molecule has 0 saturated carbocycles. The molecule has 0 spiro atoms. The van der Waals surface area contributed by atoms with Crippen LogP contribution in [0.4, 0.5) is 33.7 Å². The van der Waals surface area contributed by atoms with Gasteiger partial charge in [-0.05, 0) is 37.3 Å². The number of azo groups is 1. The molecule has 2 aromatic heterocycles. The topological polar surface area (TPSA) is 130 Å². The number of hydrogen-bond acceptors (Lipinski definition) is 10. The molecule has 4 aromatic rings. The van der Waals surface area contributed by atoms with Crippen LogP contribution in [0.2, 0.25) is 0 Å². The lowest BCUT2D eigenvalue weighted by molar-refractivity contribution is 0.102. The number of H-pyrrole nitrogens is 1. The largest absolute Gasteiger partial charge is 0.497 e. The molecule has 0 unspecified atom stereocenters. The summed E-state index contributed by atoms with van der Waals surface area (Å²) < 4.78 is 10.6. The number of rotatable bonds is 9. The van der Waals surface area contributed by atoms with E-state index in [-0.39, 0.29) is 16.6 Å². The monoisotopic (exact) mass is 504 g/mol. The Hall–Kier alpha value is -4.51. The van der Waals surface area contributed by atoms with Crippen LogP contribution >= 0.6 is 11.3 Å². The first-order chi connectivity index (χ1) is 17.4. The van der Waals surface area contributed by atoms with E-state index in [2.05, 4.69) is 30.8 Å². The molecule has 2 heterocycles. The van der Waals surface area contributed by atoms with Crippen molar-refractivity contribution < 1.29 is 14.3 Å². The molecule has 10 nitrogen and oxygen atoms in total. The Labute approximate surface area is 211 Å². The number of ether oxygens (including phenoxy) is 2. The van der Waals surface area contributed by atoms with E-state index in [1.165, 1.54) is 6.92 Å². The highest BCUT2D eigenvalue weighted by Gasteiger charge is 2.13. The third-order valence-electron chi connectivity index (χ3n) is 5.06. The Morgan fingerprint density at radius 1 is 0.972 bits per heavy atom. The minimum atomic E-state index is -0.458. The van der Waals surface area contributed by atoms with Crippen LogP contribution in [0.5, 0.6) is 11.5 Å². The van der Waals surface area contributed by atoms with Crippen molar-refractivity contribution in [2.24, 2.45) is 10.2 Å². The van der Waals surface area contributed by atoms with Gasteiger partial charge < -0.3 is 25.1 Å². The number of carbonyl (C=O) groups excluding carboxylic acids is 1. The van der Waals surface area contributed by atoms with Crippen molar-refractivity contribution in [1.29, 1.82) is 0 Å². The second-order valence-electron chi connectivity index (χ2n) is 7.65. The molecular formula is C25H24N6O4S. The number of benzene rings is 2. The van der Waals surface area contributed by atoms with Gasteiger partial charge >= 0.3 is 0 Å². The predicted molar refractivity (Wildman–Crippen MR) is 141 cm³/mol. The summed E-state index contributed by atoms with van der Waals surface area (Å²) in [6.45, 7) is 3.20. The Morgan fingerprint density at radius 3 is 2.19 bits per heavy atom. The predicted octanol–water partition coefficient (Wildman–Crippen LogP) is 6.26. The summed E-state index contributed by atoms with van der Waals surface area (Å²) in [4.78, 5) is 32.2. The van der Waals surface area contributed by atoms with Crippen molar-refractivity contribution in [3.63, 3.8) is 0 Å². The molecule has 3 N–H and O–H groups in total. The van der Waals surface area contributed by atoms with Crippen LogP contribution in [-0.4, -0.2) is 30.0 Å². The fourth-order valence-electron chi connectivity index (χ4n) is 3.34. The minimum absolute atomic E-state index is 0.0637. The summed E-state index contributed by atoms with van der Waals surface area (Å²) in [5, 5.41) is 15.0. The zero-order chi connectivity index (χ0) is 25.7. The fraction of sp³-hybridized carbons (Fsp3) is 0.160.